The molecule has 17 heavy (non-hydrogen) atoms. The zero-order valence-corrected chi connectivity index (χ0v) is 9.94. The van der Waals surface area contributed by atoms with Crippen molar-refractivity contribution in [1.29, 1.82) is 0 Å². The van der Waals surface area contributed by atoms with Gasteiger partial charge in [0.15, 0.2) is 0 Å². The summed E-state index contributed by atoms with van der Waals surface area (Å²) in [5.74, 6) is -1.36. The lowest BCUT2D eigenvalue weighted by Gasteiger charge is -2.15. The summed E-state index contributed by atoms with van der Waals surface area (Å²) in [5.41, 5.74) is 0.809. The van der Waals surface area contributed by atoms with Gasteiger partial charge < -0.3 is 5.11 Å². The molecule has 1 aromatic heterocycles. The Labute approximate surface area is 103 Å². The van der Waals surface area contributed by atoms with Crippen LogP contribution < -0.4 is 4.90 Å². The van der Waals surface area contributed by atoms with Gasteiger partial charge >= 0.3 is 5.97 Å². The highest BCUT2D eigenvalue weighted by Gasteiger charge is 2.35. The van der Waals surface area contributed by atoms with Gasteiger partial charge in [-0.2, -0.15) is 0 Å². The normalized spacial score (nSPS) is 19.8. The molecule has 6 heteroatoms. The smallest absolute Gasteiger partial charge is 0.308 e. The number of rotatable bonds is 2. The van der Waals surface area contributed by atoms with E-state index in [9.17, 15) is 9.59 Å². The molecule has 1 aromatic rings. The van der Waals surface area contributed by atoms with Gasteiger partial charge in [-0.15, -0.1) is 0 Å². The largest absolute Gasteiger partial charge is 0.481 e. The fourth-order valence-corrected chi connectivity index (χ4v) is 1.87. The molecule has 0 spiro atoms. The summed E-state index contributed by atoms with van der Waals surface area (Å²) < 4.78 is 0. The van der Waals surface area contributed by atoms with Crippen LogP contribution in [0.25, 0.3) is 0 Å². The molecule has 1 saturated heterocycles. The van der Waals surface area contributed by atoms with Gasteiger partial charge in [0, 0.05) is 19.2 Å². The Hall–Kier alpha value is -1.62. The Kier molecular flexibility index (Phi) is 3.02. The molecule has 2 rings (SSSR count). The molecular formula is C11H11ClN2O3. The van der Waals surface area contributed by atoms with Gasteiger partial charge in [0.05, 0.1) is 10.9 Å². The van der Waals surface area contributed by atoms with Crippen LogP contribution in [0, 0.1) is 12.8 Å². The summed E-state index contributed by atoms with van der Waals surface area (Å²) >= 11 is 5.84. The number of hydrogen-bond donors (Lipinski definition) is 1. The third-order valence-corrected chi connectivity index (χ3v) is 3.18. The molecular weight excluding hydrogens is 244 g/mol. The second-order valence-corrected chi connectivity index (χ2v) is 4.44. The number of nitrogens with zero attached hydrogens (tertiary/aromatic N) is 2. The molecule has 2 heterocycles. The van der Waals surface area contributed by atoms with E-state index in [1.165, 1.54) is 11.1 Å². The molecule has 1 unspecified atom stereocenters. The number of aliphatic carboxylic acids is 1. The maximum Gasteiger partial charge on any atom is 0.308 e. The first-order valence-electron chi connectivity index (χ1n) is 5.14. The van der Waals surface area contributed by atoms with Crippen molar-refractivity contribution < 1.29 is 14.7 Å². The van der Waals surface area contributed by atoms with Crippen molar-refractivity contribution in [3.8, 4) is 0 Å². The van der Waals surface area contributed by atoms with Crippen LogP contribution in [0.3, 0.4) is 0 Å². The van der Waals surface area contributed by atoms with Crippen LogP contribution in [-0.4, -0.2) is 28.5 Å². The van der Waals surface area contributed by atoms with Gasteiger partial charge in [-0.1, -0.05) is 11.6 Å². The standard InChI is InChI=1S/C11H11ClN2O3/c1-6-2-9(13-4-8(6)12)14-5-7(11(16)17)3-10(14)15/h2,4,7H,3,5H2,1H3,(H,16,17). The highest BCUT2D eigenvalue weighted by molar-refractivity contribution is 6.31. The fourth-order valence-electron chi connectivity index (χ4n) is 1.77. The van der Waals surface area contributed by atoms with Crippen molar-refractivity contribution in [2.75, 3.05) is 11.4 Å². The number of carboxylic acids is 1. The van der Waals surface area contributed by atoms with E-state index in [1.54, 1.807) is 6.07 Å². The van der Waals surface area contributed by atoms with Crippen molar-refractivity contribution >= 4 is 29.3 Å². The van der Waals surface area contributed by atoms with Crippen LogP contribution in [0.1, 0.15) is 12.0 Å². The molecule has 1 N–H and O–H groups in total. The number of aromatic nitrogens is 1. The van der Waals surface area contributed by atoms with Crippen LogP contribution in [0.15, 0.2) is 12.3 Å². The number of aryl methyl sites for hydroxylation is 1. The average molecular weight is 255 g/mol. The van der Waals surface area contributed by atoms with Crippen molar-refractivity contribution in [2.24, 2.45) is 5.92 Å². The Balaban J connectivity index is 2.26. The van der Waals surface area contributed by atoms with E-state index in [-0.39, 0.29) is 18.9 Å². The van der Waals surface area contributed by atoms with E-state index in [0.717, 1.165) is 5.56 Å². The Morgan fingerprint density at radius 2 is 2.35 bits per heavy atom. The quantitative estimate of drug-likeness (QED) is 0.868. The first-order chi connectivity index (χ1) is 7.99. The molecule has 0 aromatic carbocycles. The summed E-state index contributed by atoms with van der Waals surface area (Å²) in [5, 5.41) is 9.40. The number of hydrogen-bond acceptors (Lipinski definition) is 3. The number of anilines is 1. The van der Waals surface area contributed by atoms with E-state index in [2.05, 4.69) is 4.98 Å². The highest BCUT2D eigenvalue weighted by atomic mass is 35.5. The molecule has 1 amide bonds. The minimum atomic E-state index is -0.952. The van der Waals surface area contributed by atoms with Gasteiger partial charge in [-0.25, -0.2) is 4.98 Å². The van der Waals surface area contributed by atoms with Crippen molar-refractivity contribution in [3.05, 3.63) is 22.8 Å². The zero-order valence-electron chi connectivity index (χ0n) is 9.18. The van der Waals surface area contributed by atoms with Gasteiger partial charge in [-0.05, 0) is 18.6 Å². The first-order valence-corrected chi connectivity index (χ1v) is 5.52. The summed E-state index contributed by atoms with van der Waals surface area (Å²) in [7, 11) is 0. The molecule has 1 atom stereocenters. The zero-order chi connectivity index (χ0) is 12.6. The minimum Gasteiger partial charge on any atom is -0.481 e. The molecule has 0 saturated carbocycles. The van der Waals surface area contributed by atoms with Crippen LogP contribution in [0.5, 0.6) is 0 Å². The van der Waals surface area contributed by atoms with Gasteiger partial charge in [0.2, 0.25) is 5.91 Å². The number of carboxylic acid groups (broad SMARTS) is 1. The molecule has 0 aliphatic carbocycles. The van der Waals surface area contributed by atoms with Crippen molar-refractivity contribution in [3.63, 3.8) is 0 Å². The van der Waals surface area contributed by atoms with E-state index in [0.29, 0.717) is 10.8 Å². The lowest BCUT2D eigenvalue weighted by atomic mass is 10.1. The summed E-state index contributed by atoms with van der Waals surface area (Å²) in [6.07, 6.45) is 1.49. The number of carbonyl (C=O) groups excluding carboxylic acids is 1. The first kappa shape index (κ1) is 11.9. The van der Waals surface area contributed by atoms with Crippen LogP contribution in [0.2, 0.25) is 5.02 Å². The van der Waals surface area contributed by atoms with Crippen LogP contribution in [-0.2, 0) is 9.59 Å². The highest BCUT2D eigenvalue weighted by Crippen LogP contribution is 2.26. The average Bonchev–Trinajstić information content (AvgIpc) is 2.65. The van der Waals surface area contributed by atoms with Crippen molar-refractivity contribution in [1.82, 2.24) is 4.98 Å². The number of pyridine rings is 1. The van der Waals surface area contributed by atoms with Gasteiger partial charge in [0.25, 0.3) is 0 Å². The molecule has 0 radical (unpaired) electrons. The Bertz CT molecular complexity index is 490. The summed E-state index contributed by atoms with van der Waals surface area (Å²) in [6.45, 7) is 1.98. The third-order valence-electron chi connectivity index (χ3n) is 2.78. The Morgan fingerprint density at radius 1 is 1.65 bits per heavy atom. The predicted octanol–water partition coefficient (Wildman–Crippen LogP) is 1.48. The molecule has 5 nitrogen and oxygen atoms in total. The predicted molar refractivity (Wildman–Crippen MR) is 62.1 cm³/mol. The molecule has 1 aliphatic rings. The second-order valence-electron chi connectivity index (χ2n) is 4.04. The lowest BCUT2D eigenvalue weighted by Crippen LogP contribution is -2.26. The van der Waals surface area contributed by atoms with Crippen LogP contribution in [0.4, 0.5) is 5.82 Å². The molecule has 0 bridgehead atoms. The van der Waals surface area contributed by atoms with E-state index in [1.807, 2.05) is 6.92 Å². The second kappa shape index (κ2) is 4.33. The van der Waals surface area contributed by atoms with Gasteiger partial charge in [-0.3, -0.25) is 14.5 Å². The van der Waals surface area contributed by atoms with Crippen molar-refractivity contribution in [2.45, 2.75) is 13.3 Å². The third kappa shape index (κ3) is 2.24. The number of amides is 1. The SMILES string of the molecule is Cc1cc(N2CC(C(=O)O)CC2=O)ncc1Cl. The van der Waals surface area contributed by atoms with E-state index >= 15 is 0 Å². The maximum absolute atomic E-state index is 11.7. The maximum atomic E-state index is 11.7. The fraction of sp³-hybridized carbons (Fsp3) is 0.364. The van der Waals surface area contributed by atoms with E-state index in [4.69, 9.17) is 16.7 Å². The molecule has 1 fully saturated rings. The number of halogens is 1. The molecule has 1 aliphatic heterocycles. The number of carbonyl (C=O) groups is 2. The Morgan fingerprint density at radius 3 is 2.88 bits per heavy atom. The van der Waals surface area contributed by atoms with E-state index < -0.39 is 11.9 Å². The van der Waals surface area contributed by atoms with Crippen LogP contribution >= 0.6 is 11.6 Å². The molecule has 90 valence electrons. The topological polar surface area (TPSA) is 70.5 Å². The summed E-state index contributed by atoms with van der Waals surface area (Å²) in [4.78, 5) is 27.9. The lowest BCUT2D eigenvalue weighted by molar-refractivity contribution is -0.141. The summed E-state index contributed by atoms with van der Waals surface area (Å²) in [6, 6.07) is 1.68. The van der Waals surface area contributed by atoms with Gasteiger partial charge in [0.1, 0.15) is 5.82 Å². The minimum absolute atomic E-state index is 0.0265. The monoisotopic (exact) mass is 254 g/mol.